The minimum absolute atomic E-state index is 0.00431. The molecule has 0 spiro atoms. The Kier molecular flexibility index (Phi) is 3.88. The predicted octanol–water partition coefficient (Wildman–Crippen LogP) is -0.674. The number of rotatable bonds is 4. The third kappa shape index (κ3) is 3.63. The summed E-state index contributed by atoms with van der Waals surface area (Å²) in [6.07, 6.45) is 0.927. The first-order valence-corrected chi connectivity index (χ1v) is 6.36. The number of carbonyl (C=O) groups excluding carboxylic acids is 1. The molecular weight excluding hydrogens is 206 g/mol. The van der Waals surface area contributed by atoms with Crippen LogP contribution < -0.4 is 5.32 Å². The number of hydrogen-bond donors (Lipinski definition) is 1. The minimum Gasteiger partial charge on any atom is -0.469 e. The fourth-order valence-corrected chi connectivity index (χ4v) is 3.14. The maximum absolute atomic E-state index is 11.1. The fourth-order valence-electron chi connectivity index (χ4n) is 1.44. The van der Waals surface area contributed by atoms with E-state index in [0.717, 1.165) is 0 Å². The highest BCUT2D eigenvalue weighted by Crippen LogP contribution is 2.10. The molecule has 6 heteroatoms. The largest absolute Gasteiger partial charge is 0.469 e. The van der Waals surface area contributed by atoms with Crippen LogP contribution in [-0.4, -0.2) is 45.6 Å². The second-order valence-corrected chi connectivity index (χ2v) is 5.61. The van der Waals surface area contributed by atoms with Crippen molar-refractivity contribution in [1.82, 2.24) is 5.32 Å². The highest BCUT2D eigenvalue weighted by Gasteiger charge is 2.27. The van der Waals surface area contributed by atoms with Crippen molar-refractivity contribution < 1.29 is 17.9 Å². The molecule has 0 aromatic carbocycles. The molecule has 0 aliphatic carbocycles. The lowest BCUT2D eigenvalue weighted by Crippen LogP contribution is -2.31. The zero-order chi connectivity index (χ0) is 10.6. The van der Waals surface area contributed by atoms with E-state index in [9.17, 15) is 13.2 Å². The van der Waals surface area contributed by atoms with E-state index < -0.39 is 9.84 Å². The molecule has 1 aliphatic rings. The Balaban J connectivity index is 2.18. The van der Waals surface area contributed by atoms with Crippen molar-refractivity contribution in [2.75, 3.05) is 25.2 Å². The highest BCUT2D eigenvalue weighted by molar-refractivity contribution is 7.91. The highest BCUT2D eigenvalue weighted by atomic mass is 32.2. The number of esters is 1. The number of methoxy groups -OCH3 is 1. The number of hydrogen-bond acceptors (Lipinski definition) is 5. The van der Waals surface area contributed by atoms with Crippen LogP contribution in [0, 0.1) is 0 Å². The van der Waals surface area contributed by atoms with E-state index >= 15 is 0 Å². The van der Waals surface area contributed by atoms with E-state index in [1.165, 1.54) is 7.11 Å². The lowest BCUT2D eigenvalue weighted by molar-refractivity contribution is -0.140. The Labute approximate surface area is 83.7 Å². The average Bonchev–Trinajstić information content (AvgIpc) is 2.45. The standard InChI is InChI=1S/C8H15NO4S/c1-13-8(10)2-4-9-7-3-5-14(11,12)6-7/h7,9H,2-6H2,1H3/t7-/m0/s1. The molecule has 14 heavy (non-hydrogen) atoms. The topological polar surface area (TPSA) is 72.5 Å². The van der Waals surface area contributed by atoms with Gasteiger partial charge in [0, 0.05) is 12.6 Å². The van der Waals surface area contributed by atoms with Crippen molar-refractivity contribution in [2.24, 2.45) is 0 Å². The molecule has 0 aromatic rings. The quantitative estimate of drug-likeness (QED) is 0.637. The van der Waals surface area contributed by atoms with E-state index in [1.807, 2.05) is 0 Å². The van der Waals surface area contributed by atoms with Crippen LogP contribution in [0.2, 0.25) is 0 Å². The molecule has 0 saturated carbocycles. The van der Waals surface area contributed by atoms with Gasteiger partial charge in [-0.15, -0.1) is 0 Å². The molecule has 82 valence electrons. The molecule has 0 aromatic heterocycles. The van der Waals surface area contributed by atoms with Gasteiger partial charge in [0.2, 0.25) is 0 Å². The molecule has 0 amide bonds. The first-order chi connectivity index (χ1) is 6.53. The molecule has 1 saturated heterocycles. The normalized spacial score (nSPS) is 24.8. The van der Waals surface area contributed by atoms with Gasteiger partial charge >= 0.3 is 5.97 Å². The summed E-state index contributed by atoms with van der Waals surface area (Å²) >= 11 is 0. The Hall–Kier alpha value is -0.620. The lowest BCUT2D eigenvalue weighted by Gasteiger charge is -2.08. The van der Waals surface area contributed by atoms with E-state index in [1.54, 1.807) is 0 Å². The molecule has 1 aliphatic heterocycles. The van der Waals surface area contributed by atoms with Crippen LogP contribution in [0.25, 0.3) is 0 Å². The van der Waals surface area contributed by atoms with Gasteiger partial charge in [0.25, 0.3) is 0 Å². The Morgan fingerprint density at radius 2 is 2.29 bits per heavy atom. The van der Waals surface area contributed by atoms with E-state index in [4.69, 9.17) is 0 Å². The van der Waals surface area contributed by atoms with Crippen LogP contribution in [0.15, 0.2) is 0 Å². The van der Waals surface area contributed by atoms with Gasteiger partial charge in [0.1, 0.15) is 0 Å². The van der Waals surface area contributed by atoms with Crippen molar-refractivity contribution >= 4 is 15.8 Å². The Morgan fingerprint density at radius 1 is 1.57 bits per heavy atom. The Morgan fingerprint density at radius 3 is 2.79 bits per heavy atom. The van der Waals surface area contributed by atoms with E-state index in [2.05, 4.69) is 10.1 Å². The molecule has 1 atom stereocenters. The summed E-state index contributed by atoms with van der Waals surface area (Å²) in [5.41, 5.74) is 0. The summed E-state index contributed by atoms with van der Waals surface area (Å²) in [5, 5.41) is 3.02. The summed E-state index contributed by atoms with van der Waals surface area (Å²) in [5.74, 6) is 0.162. The lowest BCUT2D eigenvalue weighted by atomic mass is 10.2. The number of ether oxygens (including phenoxy) is 1. The van der Waals surface area contributed by atoms with Crippen LogP contribution >= 0.6 is 0 Å². The molecule has 5 nitrogen and oxygen atoms in total. The van der Waals surface area contributed by atoms with Crippen molar-refractivity contribution in [1.29, 1.82) is 0 Å². The third-order valence-corrected chi connectivity index (χ3v) is 3.99. The zero-order valence-electron chi connectivity index (χ0n) is 8.15. The maximum Gasteiger partial charge on any atom is 0.306 e. The van der Waals surface area contributed by atoms with Crippen molar-refractivity contribution in [2.45, 2.75) is 18.9 Å². The second kappa shape index (κ2) is 4.75. The molecule has 1 N–H and O–H groups in total. The summed E-state index contributed by atoms with van der Waals surface area (Å²) in [4.78, 5) is 10.7. The fraction of sp³-hybridized carbons (Fsp3) is 0.875. The van der Waals surface area contributed by atoms with Gasteiger partial charge in [-0.1, -0.05) is 0 Å². The van der Waals surface area contributed by atoms with Crippen LogP contribution in [0.4, 0.5) is 0 Å². The van der Waals surface area contributed by atoms with Gasteiger partial charge in [0.05, 0.1) is 25.0 Å². The number of nitrogens with one attached hydrogen (secondary N) is 1. The molecule has 0 unspecified atom stereocenters. The van der Waals surface area contributed by atoms with Crippen LogP contribution in [0.3, 0.4) is 0 Å². The van der Waals surface area contributed by atoms with E-state index in [-0.39, 0.29) is 29.9 Å². The summed E-state index contributed by atoms with van der Waals surface area (Å²) in [7, 11) is -1.49. The van der Waals surface area contributed by atoms with Gasteiger partial charge in [-0.3, -0.25) is 4.79 Å². The van der Waals surface area contributed by atoms with Crippen molar-refractivity contribution in [3.05, 3.63) is 0 Å². The predicted molar refractivity (Wildman–Crippen MR) is 51.7 cm³/mol. The zero-order valence-corrected chi connectivity index (χ0v) is 8.97. The molecule has 0 radical (unpaired) electrons. The second-order valence-electron chi connectivity index (χ2n) is 3.38. The molecule has 1 heterocycles. The molecule has 1 rings (SSSR count). The van der Waals surface area contributed by atoms with Crippen molar-refractivity contribution in [3.8, 4) is 0 Å². The molecular formula is C8H15NO4S. The number of carbonyl (C=O) groups is 1. The summed E-state index contributed by atoms with van der Waals surface area (Å²) in [6.45, 7) is 0.479. The van der Waals surface area contributed by atoms with E-state index in [0.29, 0.717) is 13.0 Å². The van der Waals surface area contributed by atoms with Gasteiger partial charge < -0.3 is 10.1 Å². The van der Waals surface area contributed by atoms with Gasteiger partial charge in [0.15, 0.2) is 9.84 Å². The SMILES string of the molecule is COC(=O)CCN[C@H]1CCS(=O)(=O)C1. The monoisotopic (exact) mass is 221 g/mol. The smallest absolute Gasteiger partial charge is 0.306 e. The maximum atomic E-state index is 11.1. The Bertz CT molecular complexity index is 298. The van der Waals surface area contributed by atoms with Gasteiger partial charge in [-0.05, 0) is 6.42 Å². The molecule has 0 bridgehead atoms. The molecule has 1 fully saturated rings. The summed E-state index contributed by atoms with van der Waals surface area (Å²) < 4.78 is 26.6. The van der Waals surface area contributed by atoms with Gasteiger partial charge in [-0.2, -0.15) is 0 Å². The first kappa shape index (κ1) is 11.5. The number of sulfone groups is 1. The minimum atomic E-state index is -2.83. The summed E-state index contributed by atoms with van der Waals surface area (Å²) in [6, 6.07) is 0.00431. The van der Waals surface area contributed by atoms with Crippen LogP contribution in [0.5, 0.6) is 0 Å². The first-order valence-electron chi connectivity index (χ1n) is 4.54. The third-order valence-electron chi connectivity index (χ3n) is 2.22. The average molecular weight is 221 g/mol. The van der Waals surface area contributed by atoms with Crippen LogP contribution in [0.1, 0.15) is 12.8 Å². The van der Waals surface area contributed by atoms with Crippen LogP contribution in [-0.2, 0) is 19.4 Å². The van der Waals surface area contributed by atoms with Gasteiger partial charge in [-0.25, -0.2) is 8.42 Å². The van der Waals surface area contributed by atoms with Crippen molar-refractivity contribution in [3.63, 3.8) is 0 Å².